The first kappa shape index (κ1) is 64.0. The van der Waals surface area contributed by atoms with Gasteiger partial charge in [-0.25, -0.2) is 43.1 Å². The van der Waals surface area contributed by atoms with Gasteiger partial charge in [0.2, 0.25) is 4.86 Å². The summed E-state index contributed by atoms with van der Waals surface area (Å²) in [7, 11) is -9.89. The molecule has 340 valence electrons. The number of aromatic nitrogens is 8. The molecule has 0 aromatic carbocycles. The zero-order valence-electron chi connectivity index (χ0n) is 35.5. The maximum Gasteiger partial charge on any atom is 1.00 e. The summed E-state index contributed by atoms with van der Waals surface area (Å²) in [5.41, 5.74) is 6.84. The van der Waals surface area contributed by atoms with Crippen molar-refractivity contribution in [1.82, 2.24) is 39.0 Å². The number of thioether (sulfide) groups is 2. The van der Waals surface area contributed by atoms with Crippen LogP contribution in [0.4, 0.5) is 11.6 Å². The number of thiol groups is 1. The van der Waals surface area contributed by atoms with E-state index < -0.39 is 95.9 Å². The number of rotatable bonds is 19. The molecule has 0 spiro atoms. The Balaban J connectivity index is 0.00000363. The van der Waals surface area contributed by atoms with Crippen LogP contribution in [0.3, 0.4) is 0 Å². The quantitative estimate of drug-likeness (QED) is 0.0104. The van der Waals surface area contributed by atoms with E-state index in [0.717, 1.165) is 6.42 Å². The van der Waals surface area contributed by atoms with Gasteiger partial charge < -0.3 is 60.2 Å². The molecule has 13 atom stereocenters. The average Bonchev–Trinajstić information content (AvgIpc) is 3.95. The number of ether oxygens (including phenoxy) is 2. The number of aliphatic hydroxyl groups is 4. The summed E-state index contributed by atoms with van der Waals surface area (Å²) in [6.45, 7) is -9.72. The summed E-state index contributed by atoms with van der Waals surface area (Å²) in [4.78, 5) is 54.4. The van der Waals surface area contributed by atoms with Crippen LogP contribution in [0.25, 0.3) is 22.3 Å². The first-order valence-electron chi connectivity index (χ1n) is 17.3. The predicted octanol–water partition coefficient (Wildman–Crippen LogP) is -10.0. The topological polar surface area (TPSA) is 373 Å². The van der Waals surface area contributed by atoms with Crippen molar-refractivity contribution >= 4 is 122 Å². The van der Waals surface area contributed by atoms with E-state index in [1.165, 1.54) is 45.3 Å². The predicted molar refractivity (Wildman–Crippen MR) is 226 cm³/mol. The second kappa shape index (κ2) is 26.4. The number of nitrogens with zero attached hydrogens (tertiary/aromatic N) is 8. The van der Waals surface area contributed by atoms with Crippen molar-refractivity contribution in [3.63, 3.8) is 0 Å². The smallest absolute Gasteiger partial charge is 0.387 e. The van der Waals surface area contributed by atoms with Crippen LogP contribution in [0.5, 0.6) is 0 Å². The molecule has 10 N–H and O–H groups in total. The van der Waals surface area contributed by atoms with Crippen molar-refractivity contribution < 1.29 is 194 Å². The first-order chi connectivity index (χ1) is 28.5. The van der Waals surface area contributed by atoms with E-state index in [9.17, 15) is 48.8 Å². The van der Waals surface area contributed by atoms with E-state index in [2.05, 4.69) is 56.1 Å². The Bertz CT molecular complexity index is 2470. The largest absolute Gasteiger partial charge is 1.00 e. The molecule has 0 radical (unpaired) electrons. The Labute approximate surface area is 482 Å². The summed E-state index contributed by atoms with van der Waals surface area (Å²) in [5.74, 6) is 1.14. The molecule has 0 amide bonds. The van der Waals surface area contributed by atoms with Crippen molar-refractivity contribution in [2.75, 3.05) is 43.3 Å². The van der Waals surface area contributed by atoms with Crippen LogP contribution in [-0.2, 0) is 52.6 Å². The maximum absolute atomic E-state index is 13.1. The van der Waals surface area contributed by atoms with Crippen LogP contribution in [0.2, 0.25) is 0 Å². The van der Waals surface area contributed by atoms with Crippen LogP contribution >= 0.6 is 76.1 Å². The zero-order chi connectivity index (χ0) is 44.8. The minimum atomic E-state index is -5.77. The van der Waals surface area contributed by atoms with Gasteiger partial charge in [-0.3, -0.25) is 22.8 Å². The zero-order valence-corrected chi connectivity index (χ0v) is 51.2. The molecule has 65 heavy (non-hydrogen) atoms. The summed E-state index contributed by atoms with van der Waals surface area (Å²) < 4.78 is 72.6. The number of alkyl halides is 1. The first-order valence-corrected chi connectivity index (χ1v) is 28.5. The number of imidazole rings is 2. The minimum Gasteiger partial charge on any atom is -0.387 e. The SMILES string of the molecule is CCCSc1nc(NC)c2ncn([C@@H]3O[C@H](COP(O)(=S)OP(=O)(O)C(Cl)P(=O)(O)OP(=O)(S)OC[C@H]4O[C@@H](n5cnc6c(N)nc(SC)nc65)[C@H](O)[C@@H]4O)[C@@H](O)[C@H]3O)c2n1.[Na+].[Na+].[Na+].[Na+]. The molecule has 0 aliphatic carbocycles. The molecule has 6 rings (SSSR count). The molecule has 0 bridgehead atoms. The monoisotopic (exact) mass is 1130 g/mol. The fourth-order valence-corrected chi connectivity index (χ4v) is 16.0. The summed E-state index contributed by atoms with van der Waals surface area (Å²) in [6.07, 6.45) is -7.17. The van der Waals surface area contributed by atoms with Gasteiger partial charge >= 0.3 is 147 Å². The van der Waals surface area contributed by atoms with Crippen molar-refractivity contribution in [2.24, 2.45) is 0 Å². The number of hydrogen-bond donors (Lipinski definition) is 10. The second-order valence-corrected chi connectivity index (χ2v) is 26.0. The molecule has 6 heterocycles. The van der Waals surface area contributed by atoms with Crippen molar-refractivity contribution in [1.29, 1.82) is 0 Å². The van der Waals surface area contributed by atoms with Crippen LogP contribution in [0.1, 0.15) is 25.8 Å². The number of hydrogen-bond acceptors (Lipinski definition) is 24. The van der Waals surface area contributed by atoms with Gasteiger partial charge in [0, 0.05) is 12.8 Å². The Morgan fingerprint density at radius 2 is 1.34 bits per heavy atom. The van der Waals surface area contributed by atoms with E-state index >= 15 is 0 Å². The summed E-state index contributed by atoms with van der Waals surface area (Å²) >= 11 is 16.8. The third-order valence-corrected chi connectivity index (χ3v) is 21.0. The third kappa shape index (κ3) is 15.0. The molecule has 4 aromatic rings. The molecule has 39 heteroatoms. The number of nitrogens with two attached hydrogens (primary N) is 1. The number of anilines is 2. The molecule has 4 aromatic heterocycles. The van der Waals surface area contributed by atoms with E-state index in [1.54, 1.807) is 13.3 Å². The van der Waals surface area contributed by atoms with Gasteiger partial charge in [-0.05, 0) is 24.5 Å². The number of aliphatic hydroxyl groups excluding tert-OH is 4. The average molecular weight is 1130 g/mol. The molecular weight excluding hydrogens is 1090 g/mol. The van der Waals surface area contributed by atoms with E-state index in [-0.39, 0.29) is 146 Å². The Morgan fingerprint density at radius 3 is 1.86 bits per heavy atom. The van der Waals surface area contributed by atoms with Crippen molar-refractivity contribution in [3.8, 4) is 0 Å². The minimum absolute atomic E-state index is 0. The van der Waals surface area contributed by atoms with E-state index in [0.29, 0.717) is 22.2 Å². The van der Waals surface area contributed by atoms with Crippen LogP contribution in [0.15, 0.2) is 23.0 Å². The van der Waals surface area contributed by atoms with Gasteiger partial charge in [-0.2, -0.15) is 0 Å². The Morgan fingerprint density at radius 1 is 0.846 bits per heavy atom. The number of nitrogens with one attached hydrogen (secondary N) is 1. The molecule has 5 unspecified atom stereocenters. The van der Waals surface area contributed by atoms with Gasteiger partial charge in [-0.15, -0.1) is 0 Å². The number of nitrogen functional groups attached to an aromatic ring is 1. The number of fused-ring (bicyclic) bond motifs is 2. The molecule has 2 fully saturated rings. The third-order valence-electron chi connectivity index (χ3n) is 8.69. The molecular formula is C26H39ClN10Na4O16P4S4+4. The fraction of sp³-hybridized carbons (Fsp3) is 0.615. The molecule has 0 saturated carbocycles. The van der Waals surface area contributed by atoms with Crippen molar-refractivity contribution in [2.45, 2.75) is 77.6 Å². The Hall–Kier alpha value is 2.86. The molecule has 26 nitrogen and oxygen atoms in total. The summed E-state index contributed by atoms with van der Waals surface area (Å²) in [5, 5.41) is 46.7. The molecule has 2 saturated heterocycles. The van der Waals surface area contributed by atoms with Crippen molar-refractivity contribution in [3.05, 3.63) is 12.7 Å². The number of halogens is 1. The van der Waals surface area contributed by atoms with Gasteiger partial charge in [-0.1, -0.05) is 54.3 Å². The standard InChI is InChI=1S/C26H39ClN10O16P4S4.4Na/c1-4-5-61-26-33-19(29-2)13-21(35-26)37(9-31-13)23-17(41)15(39)11(51-23)7-49-57(47,59)53-55(44,45)24(27)54(42,43)52-56(46,58)48-6-10-14(38)16(40)22(50-10)36-8-30-12-18(28)32-25(60-3)34-20(12)36;;;;/h8-11,14-17,22-24,38-41H,4-7H2,1-3H3,(H,42,43)(H,44,45)(H,46,58)(H,47,59)(H2,28,32,34)(H,29,33,35);;;;/q;4*+1/t10-,11-,14-,15-,16-,17-,22-,23-,24?,56?,57?;;;;/m1..../s1. The Kier molecular flexibility index (Phi) is 26.0. The van der Waals surface area contributed by atoms with Gasteiger partial charge in [0.1, 0.15) is 42.1 Å². The van der Waals surface area contributed by atoms with Crippen LogP contribution in [0, 0.1) is 0 Å². The van der Waals surface area contributed by atoms with Gasteiger partial charge in [0.25, 0.3) is 0 Å². The fourth-order valence-electron chi connectivity index (χ4n) is 5.84. The van der Waals surface area contributed by atoms with Gasteiger partial charge in [0.05, 0.1) is 25.9 Å². The van der Waals surface area contributed by atoms with Crippen LogP contribution in [-0.4, -0.2) is 148 Å². The van der Waals surface area contributed by atoms with Gasteiger partial charge in [0.15, 0.2) is 51.2 Å². The molecule has 2 aliphatic rings. The summed E-state index contributed by atoms with van der Waals surface area (Å²) in [6, 6.07) is 0. The molecule has 2 aliphatic heterocycles. The maximum atomic E-state index is 13.1. The second-order valence-electron chi connectivity index (χ2n) is 12.9. The van der Waals surface area contributed by atoms with E-state index in [1.807, 2.05) is 6.92 Å². The van der Waals surface area contributed by atoms with Crippen LogP contribution < -0.4 is 129 Å². The normalized spacial score (nSPS) is 27.2. The van der Waals surface area contributed by atoms with E-state index in [4.69, 9.17) is 47.7 Å².